The van der Waals surface area contributed by atoms with Crippen LogP contribution in [0.15, 0.2) is 114 Å². The summed E-state index contributed by atoms with van der Waals surface area (Å²) in [4.78, 5) is 5.21. The van der Waals surface area contributed by atoms with E-state index in [1.807, 2.05) is 0 Å². The van der Waals surface area contributed by atoms with Crippen LogP contribution in [-0.2, 0) is 27.1 Å². The first-order valence-corrected chi connectivity index (χ1v) is 24.0. The Hall–Kier alpha value is -5.48. The van der Waals surface area contributed by atoms with Gasteiger partial charge in [0, 0.05) is 33.7 Å². The molecule has 0 bridgehead atoms. The number of furan rings is 1. The highest BCUT2D eigenvalue weighted by molar-refractivity contribution is 7.00. The van der Waals surface area contributed by atoms with E-state index in [-0.39, 0.29) is 33.8 Å². The standard InChI is InChI=1S/C60H65BN2O/c1-36-30-50-53-51(31-36)63(48-21-17-16-20-41(48)40-19-15-14-18-37(40)2)49-34-45-44(58(8,9)27-28-59(45,10)11)33-47(49)61(53)55-54(62(50)39-24-22-38(23-25-39)56(3,4)5)42-32-43-46(35-52(42)64-55)60(12,13)29-26-57(43,6)7/h14-25,30-35H,26-29H2,1-13H3. The fraction of sp³-hybridized carbons (Fsp3) is 0.367. The molecule has 0 atom stereocenters. The average molecular weight is 841 g/mol. The number of aryl methyl sites for hydroxylation is 2. The minimum absolute atomic E-state index is 0.0303. The van der Waals surface area contributed by atoms with Crippen molar-refractivity contribution in [1.82, 2.24) is 0 Å². The van der Waals surface area contributed by atoms with Crippen LogP contribution >= 0.6 is 0 Å². The second-order valence-electron chi connectivity index (χ2n) is 23.7. The molecule has 0 amide bonds. The molecule has 3 nitrogen and oxygen atoms in total. The van der Waals surface area contributed by atoms with Crippen LogP contribution in [0.4, 0.5) is 34.1 Å². The molecule has 0 radical (unpaired) electrons. The minimum Gasteiger partial charge on any atom is -0.468 e. The second-order valence-corrected chi connectivity index (χ2v) is 23.7. The smallest absolute Gasteiger partial charge is 0.297 e. The van der Waals surface area contributed by atoms with Crippen molar-refractivity contribution in [3.8, 4) is 11.1 Å². The van der Waals surface area contributed by atoms with E-state index < -0.39 is 0 Å². The van der Waals surface area contributed by atoms with Gasteiger partial charge in [0.1, 0.15) is 5.58 Å². The molecule has 0 unspecified atom stereocenters. The van der Waals surface area contributed by atoms with Crippen molar-refractivity contribution in [2.75, 3.05) is 9.80 Å². The van der Waals surface area contributed by atoms with Gasteiger partial charge in [0.25, 0.3) is 6.71 Å². The Morgan fingerprint density at radius 2 is 1.06 bits per heavy atom. The van der Waals surface area contributed by atoms with E-state index in [4.69, 9.17) is 4.42 Å². The molecule has 11 rings (SSSR count). The maximum Gasteiger partial charge on any atom is 0.297 e. The maximum absolute atomic E-state index is 7.61. The van der Waals surface area contributed by atoms with Crippen LogP contribution < -0.4 is 26.4 Å². The Labute approximate surface area is 383 Å². The number of nitrogens with zero attached hydrogens (tertiary/aromatic N) is 2. The van der Waals surface area contributed by atoms with Crippen molar-refractivity contribution in [3.05, 3.63) is 148 Å². The van der Waals surface area contributed by atoms with Gasteiger partial charge in [-0.3, -0.25) is 0 Å². The van der Waals surface area contributed by atoms with E-state index in [1.165, 1.54) is 94.8 Å². The highest BCUT2D eigenvalue weighted by Gasteiger charge is 2.50. The molecule has 0 fully saturated rings. The predicted molar refractivity (Wildman–Crippen MR) is 274 cm³/mol. The van der Waals surface area contributed by atoms with Crippen LogP contribution in [-0.4, -0.2) is 6.71 Å². The number of para-hydroxylation sites is 1. The number of hydrogen-bond acceptors (Lipinski definition) is 3. The third kappa shape index (κ3) is 5.99. The summed E-state index contributed by atoms with van der Waals surface area (Å²) in [5.41, 5.74) is 24.3. The Morgan fingerprint density at radius 1 is 0.531 bits per heavy atom. The zero-order valence-corrected chi connectivity index (χ0v) is 40.6. The quantitative estimate of drug-likeness (QED) is 0.165. The SMILES string of the molecule is Cc1cc2c3c(c1)N(c1ccc(C(C)(C)C)cc1)c1c(oc4cc5c(cc14)C(C)(C)CCC5(C)C)B3c1cc3c(cc1N2c1ccccc1-c1ccccc1C)C(C)(C)CCC3(C)C. The minimum atomic E-state index is -0.112. The van der Waals surface area contributed by atoms with Gasteiger partial charge >= 0.3 is 0 Å². The lowest BCUT2D eigenvalue weighted by Crippen LogP contribution is -2.61. The third-order valence-electron chi connectivity index (χ3n) is 16.3. The van der Waals surface area contributed by atoms with Crippen molar-refractivity contribution in [3.63, 3.8) is 0 Å². The zero-order chi connectivity index (χ0) is 45.0. The Balaban J connectivity index is 1.28. The van der Waals surface area contributed by atoms with Crippen molar-refractivity contribution < 1.29 is 4.42 Å². The van der Waals surface area contributed by atoms with Crippen molar-refractivity contribution in [1.29, 1.82) is 0 Å². The summed E-state index contributed by atoms with van der Waals surface area (Å²) in [6.07, 6.45) is 4.63. The molecule has 2 aliphatic carbocycles. The van der Waals surface area contributed by atoms with E-state index >= 15 is 0 Å². The number of rotatable bonds is 3. The summed E-state index contributed by atoms with van der Waals surface area (Å²) in [5, 5.41) is 1.21. The van der Waals surface area contributed by atoms with Crippen molar-refractivity contribution in [2.24, 2.45) is 0 Å². The van der Waals surface area contributed by atoms with Crippen LogP contribution in [0.1, 0.15) is 141 Å². The molecule has 2 aliphatic heterocycles. The molecule has 1 aromatic heterocycles. The van der Waals surface area contributed by atoms with Crippen molar-refractivity contribution in [2.45, 2.75) is 143 Å². The first-order chi connectivity index (χ1) is 30.2. The fourth-order valence-electron chi connectivity index (χ4n) is 12.1. The van der Waals surface area contributed by atoms with Crippen LogP contribution in [0.5, 0.6) is 0 Å². The monoisotopic (exact) mass is 841 g/mol. The molecule has 0 saturated heterocycles. The average Bonchev–Trinajstić information content (AvgIpc) is 3.61. The molecule has 0 spiro atoms. The Morgan fingerprint density at radius 3 is 1.67 bits per heavy atom. The van der Waals surface area contributed by atoms with E-state index in [0.717, 1.165) is 42.6 Å². The highest BCUT2D eigenvalue weighted by atomic mass is 16.3. The molecular weight excluding hydrogens is 775 g/mol. The van der Waals surface area contributed by atoms with E-state index in [0.29, 0.717) is 0 Å². The van der Waals surface area contributed by atoms with Gasteiger partial charge in [0.05, 0.1) is 17.0 Å². The molecular formula is C60H65BN2O. The van der Waals surface area contributed by atoms with E-state index in [2.05, 4.69) is 209 Å². The van der Waals surface area contributed by atoms with Gasteiger partial charge in [0.2, 0.25) is 0 Å². The topological polar surface area (TPSA) is 19.6 Å². The van der Waals surface area contributed by atoms with Crippen LogP contribution in [0.3, 0.4) is 0 Å². The molecule has 4 aliphatic rings. The summed E-state index contributed by atoms with van der Waals surface area (Å²) in [7, 11) is 0. The Bertz CT molecular complexity index is 3080. The molecule has 3 heterocycles. The molecule has 64 heavy (non-hydrogen) atoms. The summed E-state index contributed by atoms with van der Waals surface area (Å²) < 4.78 is 7.61. The zero-order valence-electron chi connectivity index (χ0n) is 40.6. The second kappa shape index (κ2) is 13.5. The molecule has 0 N–H and O–H groups in total. The first-order valence-electron chi connectivity index (χ1n) is 24.0. The summed E-state index contributed by atoms with van der Waals surface area (Å²) >= 11 is 0. The molecule has 4 heteroatoms. The molecule has 0 saturated carbocycles. The predicted octanol–water partition coefficient (Wildman–Crippen LogP) is 14.8. The van der Waals surface area contributed by atoms with Crippen molar-refractivity contribution >= 4 is 68.4 Å². The number of anilines is 6. The van der Waals surface area contributed by atoms with Crippen LogP contribution in [0.2, 0.25) is 0 Å². The van der Waals surface area contributed by atoms with E-state index in [9.17, 15) is 0 Å². The Kier molecular flexibility index (Phi) is 8.72. The lowest BCUT2D eigenvalue weighted by atomic mass is 9.35. The van der Waals surface area contributed by atoms with Gasteiger partial charge in [-0.15, -0.1) is 0 Å². The lowest BCUT2D eigenvalue weighted by Gasteiger charge is -2.47. The normalized spacial score (nSPS) is 18.5. The molecule has 7 aromatic rings. The number of hydrogen-bond donors (Lipinski definition) is 0. The first kappa shape index (κ1) is 41.2. The lowest BCUT2D eigenvalue weighted by molar-refractivity contribution is 0.332. The van der Waals surface area contributed by atoms with Gasteiger partial charge < -0.3 is 14.2 Å². The summed E-state index contributed by atoms with van der Waals surface area (Å²) in [6, 6.07) is 42.5. The van der Waals surface area contributed by atoms with Crippen LogP contribution in [0, 0.1) is 13.8 Å². The highest BCUT2D eigenvalue weighted by Crippen LogP contribution is 2.54. The summed E-state index contributed by atoms with van der Waals surface area (Å²) in [6.45, 7) is 30.9. The number of fused-ring (bicyclic) bond motifs is 8. The fourth-order valence-corrected chi connectivity index (χ4v) is 12.1. The van der Waals surface area contributed by atoms with Gasteiger partial charge in [-0.25, -0.2) is 0 Å². The molecule has 6 aromatic carbocycles. The van der Waals surface area contributed by atoms with Gasteiger partial charge in [-0.1, -0.05) is 137 Å². The maximum atomic E-state index is 7.61. The largest absolute Gasteiger partial charge is 0.468 e. The van der Waals surface area contributed by atoms with E-state index in [1.54, 1.807) is 0 Å². The van der Waals surface area contributed by atoms with Gasteiger partial charge in [-0.2, -0.15) is 0 Å². The van der Waals surface area contributed by atoms with Gasteiger partial charge in [0.15, 0.2) is 0 Å². The van der Waals surface area contributed by atoms with Crippen LogP contribution in [0.25, 0.3) is 22.1 Å². The molecule has 324 valence electrons. The summed E-state index contributed by atoms with van der Waals surface area (Å²) in [5.74, 6) is 0. The van der Waals surface area contributed by atoms with Gasteiger partial charge in [-0.05, 0) is 171 Å². The third-order valence-corrected chi connectivity index (χ3v) is 16.3. The number of benzene rings is 6.